The van der Waals surface area contributed by atoms with E-state index in [2.05, 4.69) is 16.4 Å². The Morgan fingerprint density at radius 2 is 2.06 bits per heavy atom. The van der Waals surface area contributed by atoms with Gasteiger partial charge in [-0.25, -0.2) is 0 Å². The molecule has 7 nitrogen and oxygen atoms in total. The van der Waals surface area contributed by atoms with Crippen molar-refractivity contribution in [1.29, 1.82) is 5.26 Å². The second-order valence-corrected chi connectivity index (χ2v) is 9.94. The Labute approximate surface area is 215 Å². The van der Waals surface area contributed by atoms with Gasteiger partial charge in [0, 0.05) is 36.2 Å². The van der Waals surface area contributed by atoms with Gasteiger partial charge in [-0.3, -0.25) is 14.6 Å². The minimum absolute atomic E-state index is 0.0416. The Morgan fingerprint density at radius 3 is 2.81 bits per heavy atom. The van der Waals surface area contributed by atoms with Crippen LogP contribution in [-0.2, 0) is 29.0 Å². The number of aryl methyl sites for hydroxylation is 1. The highest BCUT2D eigenvalue weighted by Gasteiger charge is 2.28. The molecule has 1 N–H and O–H groups in total. The molecule has 0 saturated carbocycles. The van der Waals surface area contributed by atoms with E-state index in [1.54, 1.807) is 6.20 Å². The summed E-state index contributed by atoms with van der Waals surface area (Å²) in [6.07, 6.45) is 3.61. The van der Waals surface area contributed by atoms with Gasteiger partial charge in [-0.05, 0) is 55.0 Å². The van der Waals surface area contributed by atoms with Gasteiger partial charge in [0.25, 0.3) is 0 Å². The van der Waals surface area contributed by atoms with Gasteiger partial charge >= 0.3 is 0 Å². The molecule has 3 aromatic rings. The number of amides is 2. The van der Waals surface area contributed by atoms with Crippen LogP contribution in [0, 0.1) is 11.3 Å². The third-order valence-corrected chi connectivity index (χ3v) is 7.47. The number of pyridine rings is 1. The number of carbonyl (C=O) groups excluding carboxylic acids is 2. The predicted octanol–water partition coefficient (Wildman–Crippen LogP) is 5.06. The van der Waals surface area contributed by atoms with Crippen molar-refractivity contribution in [3.05, 3.63) is 75.9 Å². The molecular weight excluding hydrogens is 472 g/mol. The van der Waals surface area contributed by atoms with Crippen LogP contribution in [0.3, 0.4) is 0 Å². The molecule has 186 valence electrons. The zero-order valence-corrected chi connectivity index (χ0v) is 21.4. The molecule has 0 radical (unpaired) electrons. The fourth-order valence-corrected chi connectivity index (χ4v) is 5.73. The normalized spacial score (nSPS) is 13.4. The zero-order valence-electron chi connectivity index (χ0n) is 20.6. The number of nitrogens with zero attached hydrogens (tertiary/aromatic N) is 3. The Balaban J connectivity index is 1.40. The minimum Gasteiger partial charge on any atom is -0.494 e. The number of ether oxygens (including phenoxy) is 1. The maximum Gasteiger partial charge on any atom is 0.225 e. The van der Waals surface area contributed by atoms with E-state index in [0.29, 0.717) is 49.5 Å². The summed E-state index contributed by atoms with van der Waals surface area (Å²) in [5.41, 5.74) is 3.35. The van der Waals surface area contributed by atoms with Gasteiger partial charge in [-0.1, -0.05) is 31.2 Å². The number of para-hydroxylation sites is 1. The van der Waals surface area contributed by atoms with Gasteiger partial charge in [0.05, 0.1) is 18.7 Å². The average molecular weight is 503 g/mol. The SMILES string of the molecule is CCOc1ccccc1C(C)CC(=O)Nc1sc2c(c1C#N)CCN(C(=O)CCc1ccccn1)C2. The van der Waals surface area contributed by atoms with Crippen molar-refractivity contribution in [3.8, 4) is 11.8 Å². The van der Waals surface area contributed by atoms with E-state index in [1.165, 1.54) is 11.3 Å². The highest BCUT2D eigenvalue weighted by Crippen LogP contribution is 2.37. The molecule has 1 aliphatic heterocycles. The van der Waals surface area contributed by atoms with Crippen molar-refractivity contribution in [2.75, 3.05) is 18.5 Å². The van der Waals surface area contributed by atoms with Crippen LogP contribution in [0.4, 0.5) is 5.00 Å². The van der Waals surface area contributed by atoms with Crippen molar-refractivity contribution in [1.82, 2.24) is 9.88 Å². The van der Waals surface area contributed by atoms with Crippen LogP contribution < -0.4 is 10.1 Å². The number of benzene rings is 1. The highest BCUT2D eigenvalue weighted by molar-refractivity contribution is 7.16. The Morgan fingerprint density at radius 1 is 1.25 bits per heavy atom. The molecule has 0 saturated heterocycles. The molecule has 4 rings (SSSR count). The van der Waals surface area contributed by atoms with Gasteiger partial charge < -0.3 is 15.0 Å². The summed E-state index contributed by atoms with van der Waals surface area (Å²) in [5.74, 6) is 0.676. The summed E-state index contributed by atoms with van der Waals surface area (Å²) in [6, 6.07) is 15.7. The lowest BCUT2D eigenvalue weighted by Crippen LogP contribution is -2.35. The Bertz CT molecular complexity index is 1270. The van der Waals surface area contributed by atoms with E-state index in [9.17, 15) is 14.9 Å². The van der Waals surface area contributed by atoms with E-state index in [4.69, 9.17) is 4.74 Å². The fraction of sp³-hybridized carbons (Fsp3) is 0.357. The molecule has 3 heterocycles. The fourth-order valence-electron chi connectivity index (χ4n) is 4.50. The number of anilines is 1. The van der Waals surface area contributed by atoms with E-state index < -0.39 is 0 Å². The van der Waals surface area contributed by atoms with Gasteiger partial charge in [0.15, 0.2) is 0 Å². The van der Waals surface area contributed by atoms with E-state index in [0.717, 1.165) is 27.4 Å². The summed E-state index contributed by atoms with van der Waals surface area (Å²) < 4.78 is 5.71. The molecule has 0 aliphatic carbocycles. The van der Waals surface area contributed by atoms with Gasteiger partial charge in [0.2, 0.25) is 11.8 Å². The molecule has 1 aliphatic rings. The van der Waals surface area contributed by atoms with Crippen LogP contribution in [-0.4, -0.2) is 34.8 Å². The smallest absolute Gasteiger partial charge is 0.225 e. The van der Waals surface area contributed by atoms with Crippen molar-refractivity contribution in [2.45, 2.75) is 52.0 Å². The summed E-state index contributed by atoms with van der Waals surface area (Å²) in [4.78, 5) is 32.8. The number of carbonyl (C=O) groups is 2. The lowest BCUT2D eigenvalue weighted by atomic mass is 9.96. The number of hydrogen-bond donors (Lipinski definition) is 1. The predicted molar refractivity (Wildman–Crippen MR) is 140 cm³/mol. The Hall–Kier alpha value is -3.70. The lowest BCUT2D eigenvalue weighted by Gasteiger charge is -2.27. The van der Waals surface area contributed by atoms with Crippen LogP contribution in [0.25, 0.3) is 0 Å². The first-order valence-electron chi connectivity index (χ1n) is 12.2. The molecule has 1 aromatic carbocycles. The molecule has 0 spiro atoms. The maximum absolute atomic E-state index is 12.9. The largest absolute Gasteiger partial charge is 0.494 e. The number of aromatic nitrogens is 1. The van der Waals surface area contributed by atoms with Crippen molar-refractivity contribution in [3.63, 3.8) is 0 Å². The first-order valence-corrected chi connectivity index (χ1v) is 13.1. The first-order chi connectivity index (χ1) is 17.5. The number of rotatable bonds is 9. The molecule has 0 bridgehead atoms. The van der Waals surface area contributed by atoms with E-state index in [-0.39, 0.29) is 24.2 Å². The number of thiophene rings is 1. The van der Waals surface area contributed by atoms with Crippen LogP contribution in [0.1, 0.15) is 59.9 Å². The van der Waals surface area contributed by atoms with Crippen molar-refractivity contribution >= 4 is 28.2 Å². The second-order valence-electron chi connectivity index (χ2n) is 8.83. The highest BCUT2D eigenvalue weighted by atomic mass is 32.1. The van der Waals surface area contributed by atoms with Crippen LogP contribution in [0.2, 0.25) is 0 Å². The number of fused-ring (bicyclic) bond motifs is 1. The first kappa shape index (κ1) is 25.4. The van der Waals surface area contributed by atoms with E-state index >= 15 is 0 Å². The monoisotopic (exact) mass is 502 g/mol. The maximum atomic E-state index is 12.9. The van der Waals surface area contributed by atoms with Crippen molar-refractivity contribution < 1.29 is 14.3 Å². The van der Waals surface area contributed by atoms with Gasteiger partial charge in [-0.2, -0.15) is 5.26 Å². The molecule has 8 heteroatoms. The number of nitriles is 1. The lowest BCUT2D eigenvalue weighted by molar-refractivity contribution is -0.132. The molecule has 1 unspecified atom stereocenters. The van der Waals surface area contributed by atoms with Crippen LogP contribution >= 0.6 is 11.3 Å². The third-order valence-electron chi connectivity index (χ3n) is 6.34. The summed E-state index contributed by atoms with van der Waals surface area (Å²) in [5, 5.41) is 13.4. The quantitative estimate of drug-likeness (QED) is 0.441. The van der Waals surface area contributed by atoms with Gasteiger partial charge in [0.1, 0.15) is 16.8 Å². The summed E-state index contributed by atoms with van der Waals surface area (Å²) in [7, 11) is 0. The second kappa shape index (κ2) is 11.8. The number of hydrogen-bond acceptors (Lipinski definition) is 6. The molecule has 0 fully saturated rings. The van der Waals surface area contributed by atoms with E-state index in [1.807, 2.05) is 61.2 Å². The van der Waals surface area contributed by atoms with Gasteiger partial charge in [-0.15, -0.1) is 11.3 Å². The van der Waals surface area contributed by atoms with Crippen LogP contribution in [0.15, 0.2) is 48.7 Å². The molecular formula is C28H30N4O3S. The summed E-state index contributed by atoms with van der Waals surface area (Å²) in [6.45, 7) is 5.52. The molecule has 1 atom stereocenters. The molecule has 2 amide bonds. The zero-order chi connectivity index (χ0) is 25.5. The summed E-state index contributed by atoms with van der Waals surface area (Å²) >= 11 is 1.40. The van der Waals surface area contributed by atoms with Crippen LogP contribution in [0.5, 0.6) is 5.75 Å². The minimum atomic E-state index is -0.146. The molecule has 36 heavy (non-hydrogen) atoms. The topological polar surface area (TPSA) is 95.3 Å². The Kier molecular flexibility index (Phi) is 8.34. The standard InChI is InChI=1S/C28H30N4O3S/c1-3-35-24-10-5-4-9-21(24)19(2)16-26(33)31-28-23(17-29)22-13-15-32(18-25(22)36-28)27(34)12-11-20-8-6-7-14-30-20/h4-10,14,19H,3,11-13,15-16,18H2,1-2H3,(H,31,33). The third kappa shape index (κ3) is 5.92. The number of nitrogens with one attached hydrogen (secondary N) is 1. The molecule has 2 aromatic heterocycles. The average Bonchev–Trinajstić information content (AvgIpc) is 3.24. The van der Waals surface area contributed by atoms with Crippen molar-refractivity contribution in [2.24, 2.45) is 0 Å².